The van der Waals surface area contributed by atoms with Crippen LogP contribution >= 0.6 is 24.0 Å². The van der Waals surface area contributed by atoms with Gasteiger partial charge in [0.15, 0.2) is 5.96 Å². The highest BCUT2D eigenvalue weighted by molar-refractivity contribution is 14.0. The molecule has 1 fully saturated rings. The second-order valence-corrected chi connectivity index (χ2v) is 6.46. The fraction of sp³-hybridized carbons (Fsp3) is 0.526. The van der Waals surface area contributed by atoms with Crippen LogP contribution in [0.15, 0.2) is 41.8 Å². The van der Waals surface area contributed by atoms with Crippen molar-refractivity contribution in [2.45, 2.75) is 39.3 Å². The lowest BCUT2D eigenvalue weighted by Gasteiger charge is -2.16. The molecule has 0 saturated carbocycles. The maximum Gasteiger partial charge on any atom is 0.191 e. The molecule has 1 saturated heterocycles. The van der Waals surface area contributed by atoms with Crippen molar-refractivity contribution in [1.82, 2.24) is 25.4 Å². The minimum absolute atomic E-state index is 0. The SMILES string of the molecule is CCNC(=NCc1ccc(N2CCCC2)nc1)NCCCn1cccn1.I. The summed E-state index contributed by atoms with van der Waals surface area (Å²) in [4.78, 5) is 11.6. The molecule has 0 radical (unpaired) electrons. The van der Waals surface area contributed by atoms with E-state index in [-0.39, 0.29) is 24.0 Å². The second kappa shape index (κ2) is 11.8. The van der Waals surface area contributed by atoms with E-state index in [2.05, 4.69) is 49.7 Å². The number of aliphatic imine (C=N–C) groups is 1. The third-order valence-electron chi connectivity index (χ3n) is 4.42. The number of nitrogens with zero attached hydrogens (tertiary/aromatic N) is 5. The van der Waals surface area contributed by atoms with Gasteiger partial charge in [-0.15, -0.1) is 24.0 Å². The first-order valence-corrected chi connectivity index (χ1v) is 9.54. The molecular formula is C19H30IN7. The minimum atomic E-state index is 0. The molecule has 3 rings (SSSR count). The van der Waals surface area contributed by atoms with Gasteiger partial charge in [0.05, 0.1) is 6.54 Å². The Morgan fingerprint density at radius 1 is 1.22 bits per heavy atom. The molecule has 148 valence electrons. The lowest BCUT2D eigenvalue weighted by molar-refractivity contribution is 0.570. The quantitative estimate of drug-likeness (QED) is 0.262. The monoisotopic (exact) mass is 483 g/mol. The Labute approximate surface area is 178 Å². The number of aryl methyl sites for hydroxylation is 1. The average Bonchev–Trinajstić information content (AvgIpc) is 3.37. The van der Waals surface area contributed by atoms with Crippen LogP contribution in [-0.2, 0) is 13.1 Å². The highest BCUT2D eigenvalue weighted by Crippen LogP contribution is 2.17. The van der Waals surface area contributed by atoms with Crippen molar-refractivity contribution in [1.29, 1.82) is 0 Å². The summed E-state index contributed by atoms with van der Waals surface area (Å²) in [6, 6.07) is 6.19. The van der Waals surface area contributed by atoms with Crippen LogP contribution in [0.4, 0.5) is 5.82 Å². The molecular weight excluding hydrogens is 453 g/mol. The van der Waals surface area contributed by atoms with Gasteiger partial charge < -0.3 is 15.5 Å². The number of rotatable bonds is 8. The predicted octanol–water partition coefficient (Wildman–Crippen LogP) is 2.64. The summed E-state index contributed by atoms with van der Waals surface area (Å²) in [5, 5.41) is 10.9. The van der Waals surface area contributed by atoms with Gasteiger partial charge in [-0.05, 0) is 43.9 Å². The molecule has 0 amide bonds. The number of guanidine groups is 1. The van der Waals surface area contributed by atoms with Crippen LogP contribution in [0.5, 0.6) is 0 Å². The molecule has 0 unspecified atom stereocenters. The molecule has 7 nitrogen and oxygen atoms in total. The first-order chi connectivity index (χ1) is 12.8. The lowest BCUT2D eigenvalue weighted by Crippen LogP contribution is -2.38. The van der Waals surface area contributed by atoms with Gasteiger partial charge in [-0.2, -0.15) is 5.10 Å². The van der Waals surface area contributed by atoms with Gasteiger partial charge in [0.25, 0.3) is 0 Å². The zero-order valence-electron chi connectivity index (χ0n) is 16.0. The largest absolute Gasteiger partial charge is 0.357 e. The van der Waals surface area contributed by atoms with Gasteiger partial charge in [0.2, 0.25) is 0 Å². The van der Waals surface area contributed by atoms with Crippen molar-refractivity contribution in [3.05, 3.63) is 42.4 Å². The van der Waals surface area contributed by atoms with Gasteiger partial charge >= 0.3 is 0 Å². The number of aromatic nitrogens is 3. The number of hydrogen-bond acceptors (Lipinski definition) is 4. The smallest absolute Gasteiger partial charge is 0.191 e. The van der Waals surface area contributed by atoms with Crippen LogP contribution in [0.3, 0.4) is 0 Å². The first kappa shape index (κ1) is 21.5. The second-order valence-electron chi connectivity index (χ2n) is 6.46. The number of pyridine rings is 1. The molecule has 8 heteroatoms. The minimum Gasteiger partial charge on any atom is -0.357 e. The highest BCUT2D eigenvalue weighted by atomic mass is 127. The third kappa shape index (κ3) is 7.00. The summed E-state index contributed by atoms with van der Waals surface area (Å²) >= 11 is 0. The molecule has 2 N–H and O–H groups in total. The van der Waals surface area contributed by atoms with Crippen molar-refractivity contribution < 1.29 is 0 Å². The molecule has 2 aromatic rings. The Hall–Kier alpha value is -1.84. The maximum absolute atomic E-state index is 4.66. The zero-order chi connectivity index (χ0) is 18.0. The molecule has 2 aromatic heterocycles. The number of anilines is 1. The molecule has 0 aromatic carbocycles. The van der Waals surface area contributed by atoms with E-state index in [9.17, 15) is 0 Å². The van der Waals surface area contributed by atoms with E-state index < -0.39 is 0 Å². The van der Waals surface area contributed by atoms with E-state index in [1.807, 2.05) is 29.3 Å². The molecule has 0 spiro atoms. The van der Waals surface area contributed by atoms with Gasteiger partial charge in [0, 0.05) is 51.3 Å². The topological polar surface area (TPSA) is 70.4 Å². The highest BCUT2D eigenvalue weighted by Gasteiger charge is 2.12. The van der Waals surface area contributed by atoms with E-state index in [0.29, 0.717) is 6.54 Å². The van der Waals surface area contributed by atoms with Crippen molar-refractivity contribution in [3.63, 3.8) is 0 Å². The number of halogens is 1. The van der Waals surface area contributed by atoms with Crippen molar-refractivity contribution in [3.8, 4) is 0 Å². The van der Waals surface area contributed by atoms with Crippen molar-refractivity contribution in [2.75, 3.05) is 31.1 Å². The summed E-state index contributed by atoms with van der Waals surface area (Å²) in [7, 11) is 0. The van der Waals surface area contributed by atoms with E-state index >= 15 is 0 Å². The molecule has 1 aliphatic heterocycles. The van der Waals surface area contributed by atoms with Gasteiger partial charge in [-0.1, -0.05) is 6.07 Å². The predicted molar refractivity (Wildman–Crippen MR) is 121 cm³/mol. The van der Waals surface area contributed by atoms with Gasteiger partial charge in [0.1, 0.15) is 5.82 Å². The summed E-state index contributed by atoms with van der Waals surface area (Å²) in [6.45, 7) is 7.56. The normalized spacial score (nSPS) is 14.1. The Kier molecular flexibility index (Phi) is 9.37. The summed E-state index contributed by atoms with van der Waals surface area (Å²) < 4.78 is 1.94. The summed E-state index contributed by atoms with van der Waals surface area (Å²) in [5.74, 6) is 1.93. The van der Waals surface area contributed by atoms with E-state index in [1.54, 1.807) is 0 Å². The molecule has 0 atom stereocenters. The lowest BCUT2D eigenvalue weighted by atomic mass is 10.3. The van der Waals surface area contributed by atoms with Crippen LogP contribution in [0.2, 0.25) is 0 Å². The average molecular weight is 483 g/mol. The molecule has 3 heterocycles. The Balaban J connectivity index is 0.00000261. The number of hydrogen-bond donors (Lipinski definition) is 2. The fourth-order valence-corrected chi connectivity index (χ4v) is 3.04. The zero-order valence-corrected chi connectivity index (χ0v) is 18.3. The number of nitrogens with one attached hydrogen (secondary N) is 2. The van der Waals surface area contributed by atoms with Crippen LogP contribution in [0.1, 0.15) is 31.7 Å². The van der Waals surface area contributed by atoms with Crippen LogP contribution in [0, 0.1) is 0 Å². The molecule has 0 aliphatic carbocycles. The molecule has 0 bridgehead atoms. The van der Waals surface area contributed by atoms with Crippen LogP contribution in [-0.4, -0.2) is 46.9 Å². The molecule has 27 heavy (non-hydrogen) atoms. The Morgan fingerprint density at radius 3 is 2.74 bits per heavy atom. The standard InChI is InChI=1S/C19H29N7.HI/c1-2-20-19(21-9-5-13-26-14-6-10-24-26)23-16-17-7-8-18(22-15-17)25-11-3-4-12-25;/h6-8,10,14-15H,2-5,9,11-13,16H2,1H3,(H2,20,21,23);1H. The van der Waals surface area contributed by atoms with Gasteiger partial charge in [-0.25, -0.2) is 9.98 Å². The van der Waals surface area contributed by atoms with Crippen molar-refractivity contribution >= 4 is 35.8 Å². The van der Waals surface area contributed by atoms with Crippen molar-refractivity contribution in [2.24, 2.45) is 4.99 Å². The maximum atomic E-state index is 4.66. The van der Waals surface area contributed by atoms with E-state index in [0.717, 1.165) is 56.5 Å². The van der Waals surface area contributed by atoms with E-state index in [1.165, 1.54) is 12.8 Å². The fourth-order valence-electron chi connectivity index (χ4n) is 3.04. The van der Waals surface area contributed by atoms with Gasteiger partial charge in [-0.3, -0.25) is 4.68 Å². The Bertz CT molecular complexity index is 664. The van der Waals surface area contributed by atoms with E-state index in [4.69, 9.17) is 0 Å². The summed E-state index contributed by atoms with van der Waals surface area (Å²) in [6.07, 6.45) is 9.27. The first-order valence-electron chi connectivity index (χ1n) is 9.54. The Morgan fingerprint density at radius 2 is 2.07 bits per heavy atom. The summed E-state index contributed by atoms with van der Waals surface area (Å²) in [5.41, 5.74) is 1.13. The molecule has 1 aliphatic rings. The van der Waals surface area contributed by atoms with Crippen LogP contribution < -0.4 is 15.5 Å². The third-order valence-corrected chi connectivity index (χ3v) is 4.42. The van der Waals surface area contributed by atoms with Crippen LogP contribution in [0.25, 0.3) is 0 Å².